The Morgan fingerprint density at radius 1 is 1.26 bits per heavy atom. The Morgan fingerprint density at radius 3 is 2.91 bits per heavy atom. The fourth-order valence-corrected chi connectivity index (χ4v) is 4.23. The van der Waals surface area contributed by atoms with Gasteiger partial charge in [0.15, 0.2) is 0 Å². The van der Waals surface area contributed by atoms with Crippen LogP contribution in [0.3, 0.4) is 0 Å². The highest BCUT2D eigenvalue weighted by Gasteiger charge is 2.21. The molecule has 1 aliphatic heterocycles. The zero-order valence-electron chi connectivity index (χ0n) is 12.7. The van der Waals surface area contributed by atoms with Crippen LogP contribution in [0.1, 0.15) is 28.6 Å². The first-order valence-electron chi connectivity index (χ1n) is 7.68. The smallest absolute Gasteiger partial charge is 0.346 e. The summed E-state index contributed by atoms with van der Waals surface area (Å²) in [6.45, 7) is 2.08. The highest BCUT2D eigenvalue weighted by atomic mass is 32.1. The van der Waals surface area contributed by atoms with E-state index in [9.17, 15) is 9.90 Å². The molecule has 0 spiro atoms. The highest BCUT2D eigenvalue weighted by Crippen LogP contribution is 2.41. The largest absolute Gasteiger partial charge is 0.490 e. The monoisotopic (exact) mass is 324 g/mol. The average Bonchev–Trinajstić information content (AvgIpc) is 2.94. The van der Waals surface area contributed by atoms with Gasteiger partial charge in [-0.15, -0.1) is 11.3 Å². The Bertz CT molecular complexity index is 910. The second-order valence-corrected chi connectivity index (χ2v) is 6.95. The van der Waals surface area contributed by atoms with Crippen molar-refractivity contribution >= 4 is 27.4 Å². The van der Waals surface area contributed by atoms with Crippen LogP contribution in [0.15, 0.2) is 42.5 Å². The summed E-state index contributed by atoms with van der Waals surface area (Å²) in [5.74, 6) is 0.0488. The van der Waals surface area contributed by atoms with E-state index in [1.54, 1.807) is 0 Å². The van der Waals surface area contributed by atoms with E-state index in [2.05, 4.69) is 13.0 Å². The zero-order valence-corrected chi connectivity index (χ0v) is 13.5. The van der Waals surface area contributed by atoms with Gasteiger partial charge in [0.1, 0.15) is 10.6 Å². The number of rotatable bonds is 2. The van der Waals surface area contributed by atoms with Gasteiger partial charge in [0.2, 0.25) is 0 Å². The lowest BCUT2D eigenvalue weighted by atomic mass is 9.96. The Hall–Kier alpha value is -2.33. The molecule has 0 fully saturated rings. The van der Waals surface area contributed by atoms with Gasteiger partial charge in [-0.05, 0) is 49.1 Å². The van der Waals surface area contributed by atoms with Crippen LogP contribution in [0.5, 0.6) is 5.75 Å². The Morgan fingerprint density at radius 2 is 2.09 bits per heavy atom. The lowest BCUT2D eigenvalue weighted by Crippen LogP contribution is -2.18. The normalized spacial score (nSPS) is 16.8. The van der Waals surface area contributed by atoms with E-state index in [0.29, 0.717) is 4.88 Å². The molecule has 2 heterocycles. The molecule has 0 saturated heterocycles. The van der Waals surface area contributed by atoms with Crippen LogP contribution in [-0.2, 0) is 6.42 Å². The topological polar surface area (TPSA) is 46.5 Å². The molecular formula is C19H16O3S. The van der Waals surface area contributed by atoms with Crippen LogP contribution in [0, 0.1) is 0 Å². The first-order chi connectivity index (χ1) is 11.1. The third-order valence-corrected chi connectivity index (χ3v) is 5.45. The summed E-state index contributed by atoms with van der Waals surface area (Å²) in [6.07, 6.45) is 2.20. The van der Waals surface area contributed by atoms with Gasteiger partial charge in [0.25, 0.3) is 0 Å². The van der Waals surface area contributed by atoms with Crippen molar-refractivity contribution in [2.45, 2.75) is 25.9 Å². The van der Waals surface area contributed by atoms with E-state index >= 15 is 0 Å². The van der Waals surface area contributed by atoms with Gasteiger partial charge in [0, 0.05) is 15.6 Å². The molecule has 1 aliphatic rings. The minimum atomic E-state index is -0.871. The van der Waals surface area contributed by atoms with Crippen molar-refractivity contribution in [1.82, 2.24) is 0 Å². The fourth-order valence-electron chi connectivity index (χ4n) is 3.16. The van der Waals surface area contributed by atoms with Gasteiger partial charge in [0.05, 0.1) is 6.10 Å². The second-order valence-electron chi connectivity index (χ2n) is 5.90. The van der Waals surface area contributed by atoms with Crippen molar-refractivity contribution in [2.75, 3.05) is 0 Å². The summed E-state index contributed by atoms with van der Waals surface area (Å²) in [5, 5.41) is 10.6. The number of aryl methyl sites for hydroxylation is 1. The number of carbonyl (C=O) groups is 1. The third-order valence-electron chi connectivity index (χ3n) is 4.29. The third kappa shape index (κ3) is 2.39. The number of carboxylic acid groups (broad SMARTS) is 1. The van der Waals surface area contributed by atoms with Crippen LogP contribution in [0.4, 0.5) is 0 Å². The summed E-state index contributed by atoms with van der Waals surface area (Å²) in [4.78, 5) is 12.1. The number of ether oxygens (including phenoxy) is 1. The van der Waals surface area contributed by atoms with Crippen molar-refractivity contribution in [3.8, 4) is 16.9 Å². The van der Waals surface area contributed by atoms with Crippen LogP contribution >= 0.6 is 11.3 Å². The molecule has 0 unspecified atom stereocenters. The standard InChI is InChI=1S/C19H16O3S/c1-11-6-7-12-10-13(8-9-15(12)22-11)17-14-4-2-3-5-16(14)23-18(17)19(20)21/h2-5,8-11H,6-7H2,1H3,(H,20,21)/t11-/m0/s1. The summed E-state index contributed by atoms with van der Waals surface area (Å²) >= 11 is 1.33. The van der Waals surface area contributed by atoms with E-state index in [1.165, 1.54) is 11.3 Å². The number of benzene rings is 2. The number of aromatic carboxylic acids is 1. The zero-order chi connectivity index (χ0) is 16.0. The SMILES string of the molecule is C[C@H]1CCc2cc(-c3c(C(=O)O)sc4ccccc34)ccc2O1. The van der Waals surface area contributed by atoms with Crippen LogP contribution in [0.25, 0.3) is 21.2 Å². The average molecular weight is 324 g/mol. The minimum Gasteiger partial charge on any atom is -0.490 e. The number of hydrogen-bond donors (Lipinski definition) is 1. The molecule has 2 aromatic carbocycles. The van der Waals surface area contributed by atoms with Crippen molar-refractivity contribution in [1.29, 1.82) is 0 Å². The van der Waals surface area contributed by atoms with Crippen LogP contribution < -0.4 is 4.74 Å². The molecule has 116 valence electrons. The minimum absolute atomic E-state index is 0.241. The van der Waals surface area contributed by atoms with Crippen LogP contribution in [-0.4, -0.2) is 17.2 Å². The van der Waals surface area contributed by atoms with Crippen molar-refractivity contribution in [2.24, 2.45) is 0 Å². The van der Waals surface area contributed by atoms with E-state index in [1.807, 2.05) is 36.4 Å². The van der Waals surface area contributed by atoms with Gasteiger partial charge in [-0.1, -0.05) is 24.3 Å². The molecule has 0 amide bonds. The Kier molecular flexibility index (Phi) is 3.34. The van der Waals surface area contributed by atoms with E-state index in [-0.39, 0.29) is 6.10 Å². The first-order valence-corrected chi connectivity index (χ1v) is 8.50. The number of thiophene rings is 1. The predicted molar refractivity (Wildman–Crippen MR) is 92.6 cm³/mol. The summed E-state index contributed by atoms with van der Waals surface area (Å²) < 4.78 is 6.86. The van der Waals surface area contributed by atoms with Gasteiger partial charge in [-0.2, -0.15) is 0 Å². The molecule has 3 aromatic rings. The van der Waals surface area contributed by atoms with E-state index in [0.717, 1.165) is 45.4 Å². The Balaban J connectivity index is 1.92. The number of carboxylic acids is 1. The second kappa shape index (κ2) is 5.39. The van der Waals surface area contributed by atoms with E-state index in [4.69, 9.17) is 4.74 Å². The van der Waals surface area contributed by atoms with Gasteiger partial charge in [-0.25, -0.2) is 4.79 Å². The molecule has 23 heavy (non-hydrogen) atoms. The number of hydrogen-bond acceptors (Lipinski definition) is 3. The summed E-state index contributed by atoms with van der Waals surface area (Å²) in [7, 11) is 0. The predicted octanol–water partition coefficient (Wildman–Crippen LogP) is 4.98. The maximum atomic E-state index is 11.7. The fraction of sp³-hybridized carbons (Fsp3) is 0.211. The highest BCUT2D eigenvalue weighted by molar-refractivity contribution is 7.21. The Labute approximate surface area is 138 Å². The molecule has 1 N–H and O–H groups in total. The number of fused-ring (bicyclic) bond motifs is 2. The molecule has 0 saturated carbocycles. The van der Waals surface area contributed by atoms with Gasteiger partial charge < -0.3 is 9.84 Å². The van der Waals surface area contributed by atoms with Gasteiger partial charge in [-0.3, -0.25) is 0 Å². The lowest BCUT2D eigenvalue weighted by Gasteiger charge is -2.23. The molecule has 0 radical (unpaired) electrons. The van der Waals surface area contributed by atoms with Gasteiger partial charge >= 0.3 is 5.97 Å². The van der Waals surface area contributed by atoms with Crippen molar-refractivity contribution in [3.63, 3.8) is 0 Å². The first kappa shape index (κ1) is 14.3. The molecule has 4 heteroatoms. The molecule has 3 nitrogen and oxygen atoms in total. The van der Waals surface area contributed by atoms with Crippen molar-refractivity contribution < 1.29 is 14.6 Å². The maximum absolute atomic E-state index is 11.7. The molecule has 0 aliphatic carbocycles. The van der Waals surface area contributed by atoms with Crippen LogP contribution in [0.2, 0.25) is 0 Å². The van der Waals surface area contributed by atoms with Crippen molar-refractivity contribution in [3.05, 3.63) is 52.9 Å². The molecule has 0 bridgehead atoms. The molecule has 1 aromatic heterocycles. The maximum Gasteiger partial charge on any atom is 0.346 e. The lowest BCUT2D eigenvalue weighted by molar-refractivity contribution is 0.0703. The van der Waals surface area contributed by atoms with E-state index < -0.39 is 5.97 Å². The molecule has 1 atom stereocenters. The summed E-state index contributed by atoms with van der Waals surface area (Å²) in [5.41, 5.74) is 2.93. The molecular weight excluding hydrogens is 308 g/mol. The molecule has 4 rings (SSSR count). The summed E-state index contributed by atoms with van der Waals surface area (Å²) in [6, 6.07) is 13.9. The quantitative estimate of drug-likeness (QED) is 0.723.